The van der Waals surface area contributed by atoms with E-state index < -0.39 is 11.9 Å². The minimum atomic E-state index is -0.723. The van der Waals surface area contributed by atoms with Gasteiger partial charge in [0.15, 0.2) is 0 Å². The second-order valence-electron chi connectivity index (χ2n) is 5.35. The van der Waals surface area contributed by atoms with E-state index in [2.05, 4.69) is 0 Å². The molecule has 1 saturated carbocycles. The van der Waals surface area contributed by atoms with Gasteiger partial charge >= 0.3 is 11.9 Å². The smallest absolute Gasteiger partial charge is 0.306 e. The number of carboxylic acid groups (broad SMARTS) is 2. The summed E-state index contributed by atoms with van der Waals surface area (Å²) in [6.07, 6.45) is 8.66. The lowest BCUT2D eigenvalue weighted by molar-refractivity contribution is -0.142. The van der Waals surface area contributed by atoms with Crippen LogP contribution in [0, 0.1) is 11.8 Å². The minimum Gasteiger partial charge on any atom is -0.481 e. The molecule has 0 aliphatic heterocycles. The lowest BCUT2D eigenvalue weighted by Gasteiger charge is -2.16. The average Bonchev–Trinajstić information content (AvgIpc) is 2.28. The maximum Gasteiger partial charge on any atom is 0.306 e. The Morgan fingerprint density at radius 2 is 0.944 bits per heavy atom. The van der Waals surface area contributed by atoms with Gasteiger partial charge in [0.1, 0.15) is 0 Å². The van der Waals surface area contributed by atoms with E-state index in [9.17, 15) is 9.59 Å². The van der Waals surface area contributed by atoms with Crippen LogP contribution in [0.3, 0.4) is 0 Å². The Kier molecular flexibility index (Phi) is 6.76. The summed E-state index contributed by atoms with van der Waals surface area (Å²) >= 11 is 0. The maximum atomic E-state index is 11.1. The largest absolute Gasteiger partial charge is 0.481 e. The molecule has 1 fully saturated rings. The van der Waals surface area contributed by atoms with Gasteiger partial charge in [0.25, 0.3) is 0 Å². The molecule has 4 nitrogen and oxygen atoms in total. The van der Waals surface area contributed by atoms with Gasteiger partial charge in [-0.3, -0.25) is 9.59 Å². The van der Waals surface area contributed by atoms with Gasteiger partial charge in [0.05, 0.1) is 11.8 Å². The Morgan fingerprint density at radius 1 is 0.611 bits per heavy atom. The Morgan fingerprint density at radius 3 is 1.33 bits per heavy atom. The highest BCUT2D eigenvalue weighted by Crippen LogP contribution is 2.24. The SMILES string of the molecule is O=C(O)C1CCCCCCCC(C(=O)O)CCC1. The number of carbonyl (C=O) groups is 2. The normalized spacial score (nSPS) is 27.8. The van der Waals surface area contributed by atoms with Crippen molar-refractivity contribution in [3.05, 3.63) is 0 Å². The molecule has 4 heteroatoms. The molecule has 1 aliphatic carbocycles. The zero-order valence-corrected chi connectivity index (χ0v) is 10.9. The summed E-state index contributed by atoms with van der Waals surface area (Å²) in [5.41, 5.74) is 0. The van der Waals surface area contributed by atoms with Crippen LogP contribution < -0.4 is 0 Å². The van der Waals surface area contributed by atoms with Gasteiger partial charge < -0.3 is 10.2 Å². The molecule has 0 aromatic heterocycles. The van der Waals surface area contributed by atoms with Crippen molar-refractivity contribution in [1.82, 2.24) is 0 Å². The van der Waals surface area contributed by atoms with Gasteiger partial charge in [0.2, 0.25) is 0 Å². The predicted octanol–water partition coefficient (Wildman–Crippen LogP) is 3.30. The number of hydrogen-bond acceptors (Lipinski definition) is 2. The van der Waals surface area contributed by atoms with Crippen molar-refractivity contribution in [2.24, 2.45) is 11.8 Å². The molecule has 104 valence electrons. The van der Waals surface area contributed by atoms with Gasteiger partial charge in [-0.15, -0.1) is 0 Å². The van der Waals surface area contributed by atoms with Crippen LogP contribution in [0.15, 0.2) is 0 Å². The number of hydrogen-bond donors (Lipinski definition) is 2. The van der Waals surface area contributed by atoms with Crippen LogP contribution in [-0.4, -0.2) is 22.2 Å². The first kappa shape index (κ1) is 15.0. The van der Waals surface area contributed by atoms with Crippen molar-refractivity contribution in [2.75, 3.05) is 0 Å². The van der Waals surface area contributed by atoms with E-state index in [1.807, 2.05) is 0 Å². The highest BCUT2D eigenvalue weighted by Gasteiger charge is 2.21. The second kappa shape index (κ2) is 8.11. The van der Waals surface area contributed by atoms with E-state index in [4.69, 9.17) is 10.2 Å². The van der Waals surface area contributed by atoms with Gasteiger partial charge in [-0.25, -0.2) is 0 Å². The first-order valence-electron chi connectivity index (χ1n) is 7.07. The van der Waals surface area contributed by atoms with Gasteiger partial charge in [-0.05, 0) is 25.7 Å². The topological polar surface area (TPSA) is 74.6 Å². The van der Waals surface area contributed by atoms with E-state index in [1.165, 1.54) is 0 Å². The third-order valence-corrected chi connectivity index (χ3v) is 3.91. The Labute approximate surface area is 108 Å². The molecule has 2 unspecified atom stereocenters. The van der Waals surface area contributed by atoms with Crippen molar-refractivity contribution in [3.8, 4) is 0 Å². The molecule has 2 atom stereocenters. The van der Waals surface area contributed by atoms with Crippen LogP contribution in [0.5, 0.6) is 0 Å². The highest BCUT2D eigenvalue weighted by molar-refractivity contribution is 5.70. The number of aliphatic carboxylic acids is 2. The van der Waals surface area contributed by atoms with Crippen LogP contribution in [-0.2, 0) is 9.59 Å². The zero-order valence-electron chi connectivity index (χ0n) is 10.9. The molecular formula is C14H24O4. The Bertz CT molecular complexity index is 249. The summed E-state index contributed by atoms with van der Waals surface area (Å²) in [5, 5.41) is 18.2. The molecule has 1 aliphatic rings. The van der Waals surface area contributed by atoms with E-state index in [0.29, 0.717) is 19.3 Å². The molecule has 2 N–H and O–H groups in total. The van der Waals surface area contributed by atoms with Gasteiger partial charge in [-0.2, -0.15) is 0 Å². The fraction of sp³-hybridized carbons (Fsp3) is 0.857. The average molecular weight is 256 g/mol. The third-order valence-electron chi connectivity index (χ3n) is 3.91. The van der Waals surface area contributed by atoms with Crippen LogP contribution in [0.1, 0.15) is 64.2 Å². The lowest BCUT2D eigenvalue weighted by Crippen LogP contribution is -2.17. The standard InChI is InChI=1S/C14H24O4/c15-13(16)11-7-4-2-1-3-5-8-12(14(17)18)10-6-9-11/h11-12H,1-10H2,(H,15,16)(H,17,18). The molecule has 18 heavy (non-hydrogen) atoms. The fourth-order valence-electron chi connectivity index (χ4n) is 2.71. The molecule has 0 spiro atoms. The van der Waals surface area contributed by atoms with Crippen molar-refractivity contribution < 1.29 is 19.8 Å². The molecule has 0 heterocycles. The van der Waals surface area contributed by atoms with E-state index >= 15 is 0 Å². The van der Waals surface area contributed by atoms with Crippen molar-refractivity contribution in [3.63, 3.8) is 0 Å². The van der Waals surface area contributed by atoms with Gasteiger partial charge in [0, 0.05) is 0 Å². The Hall–Kier alpha value is -1.06. The highest BCUT2D eigenvalue weighted by atomic mass is 16.4. The quantitative estimate of drug-likeness (QED) is 0.795. The second-order valence-corrected chi connectivity index (χ2v) is 5.35. The fourth-order valence-corrected chi connectivity index (χ4v) is 2.71. The molecule has 0 aromatic carbocycles. The Balaban J connectivity index is 2.50. The van der Waals surface area contributed by atoms with E-state index in [-0.39, 0.29) is 11.8 Å². The molecule has 0 radical (unpaired) electrons. The summed E-state index contributed by atoms with van der Waals surface area (Å²) in [7, 11) is 0. The molecule has 0 bridgehead atoms. The monoisotopic (exact) mass is 256 g/mol. The summed E-state index contributed by atoms with van der Waals surface area (Å²) in [4.78, 5) is 22.1. The molecular weight excluding hydrogens is 232 g/mol. The first-order chi connectivity index (χ1) is 8.61. The third kappa shape index (κ3) is 5.52. The molecule has 1 rings (SSSR count). The lowest BCUT2D eigenvalue weighted by atomic mass is 9.89. The minimum absolute atomic E-state index is 0.279. The zero-order chi connectivity index (χ0) is 13.4. The van der Waals surface area contributed by atoms with Crippen molar-refractivity contribution in [2.45, 2.75) is 64.2 Å². The van der Waals surface area contributed by atoms with Gasteiger partial charge in [-0.1, -0.05) is 38.5 Å². The number of carboxylic acids is 2. The predicted molar refractivity (Wildman–Crippen MR) is 68.4 cm³/mol. The first-order valence-corrected chi connectivity index (χ1v) is 7.07. The van der Waals surface area contributed by atoms with E-state index in [0.717, 1.165) is 44.9 Å². The number of rotatable bonds is 2. The molecule has 0 aromatic rings. The van der Waals surface area contributed by atoms with Crippen molar-refractivity contribution in [1.29, 1.82) is 0 Å². The van der Waals surface area contributed by atoms with Crippen molar-refractivity contribution >= 4 is 11.9 Å². The maximum absolute atomic E-state index is 11.1. The summed E-state index contributed by atoms with van der Waals surface area (Å²) < 4.78 is 0. The molecule has 0 amide bonds. The summed E-state index contributed by atoms with van der Waals surface area (Å²) in [6, 6.07) is 0. The van der Waals surface area contributed by atoms with E-state index in [1.54, 1.807) is 0 Å². The van der Waals surface area contributed by atoms with Crippen LogP contribution >= 0.6 is 0 Å². The summed E-state index contributed by atoms with van der Waals surface area (Å²) in [6.45, 7) is 0. The van der Waals surface area contributed by atoms with Crippen LogP contribution in [0.2, 0.25) is 0 Å². The summed E-state index contributed by atoms with van der Waals surface area (Å²) in [5.74, 6) is -2.00. The molecule has 0 saturated heterocycles. The van der Waals surface area contributed by atoms with Crippen LogP contribution in [0.4, 0.5) is 0 Å². The van der Waals surface area contributed by atoms with Crippen LogP contribution in [0.25, 0.3) is 0 Å².